The van der Waals surface area contributed by atoms with Crippen LogP contribution in [0.1, 0.15) is 33.6 Å². The molecule has 2 nitrogen and oxygen atoms in total. The molecule has 1 rings (SSSR count). The van der Waals surface area contributed by atoms with Crippen LogP contribution in [-0.4, -0.2) is 5.91 Å². The second-order valence-electron chi connectivity index (χ2n) is 4.18. The Balaban J connectivity index is 2.93. The van der Waals surface area contributed by atoms with Crippen LogP contribution in [0.15, 0.2) is 35.6 Å². The van der Waals surface area contributed by atoms with E-state index in [1.54, 1.807) is 6.20 Å². The summed E-state index contributed by atoms with van der Waals surface area (Å²) in [6.07, 6.45) is 9.08. The maximum Gasteiger partial charge on any atom is 0.224 e. The van der Waals surface area contributed by atoms with E-state index in [4.69, 9.17) is 0 Å². The van der Waals surface area contributed by atoms with E-state index in [1.165, 1.54) is 11.1 Å². The number of hydrogen-bond acceptors (Lipinski definition) is 1. The maximum absolute atomic E-state index is 11.3. The van der Waals surface area contributed by atoms with Gasteiger partial charge in [0.15, 0.2) is 0 Å². The van der Waals surface area contributed by atoms with E-state index in [1.807, 2.05) is 12.2 Å². The fourth-order valence-corrected chi connectivity index (χ4v) is 1.70. The van der Waals surface area contributed by atoms with Crippen molar-refractivity contribution in [3.8, 4) is 0 Å². The first-order chi connectivity index (χ1) is 7.11. The normalized spacial score (nSPS) is 27.3. The summed E-state index contributed by atoms with van der Waals surface area (Å²) in [5, 5.41) is 2.72. The summed E-state index contributed by atoms with van der Waals surface area (Å²) in [5.41, 5.74) is 2.65. The minimum atomic E-state index is 0.0870. The van der Waals surface area contributed by atoms with Gasteiger partial charge in [-0.2, -0.15) is 0 Å². The third-order valence-corrected chi connectivity index (χ3v) is 2.57. The summed E-state index contributed by atoms with van der Waals surface area (Å²) >= 11 is 0. The molecule has 2 heteroatoms. The highest BCUT2D eigenvalue weighted by atomic mass is 16.1. The Hall–Kier alpha value is -1.31. The fraction of sp³-hybridized carbons (Fsp3) is 0.462. The standard InChI is InChI=1S/C13H19NO/c1-10(2)12-6-4-5-9-14-13(15)8-7-11(12)3/h4-6,9-10H,7-8H2,1-3H3,(H,14,15)/b6-4-,9-5+,12-11-. The molecule has 0 atom stereocenters. The molecule has 15 heavy (non-hydrogen) atoms. The zero-order valence-electron chi connectivity index (χ0n) is 9.71. The smallest absolute Gasteiger partial charge is 0.224 e. The number of carbonyl (C=O) groups excluding carboxylic acids is 1. The molecule has 1 N–H and O–H groups in total. The molecule has 0 bridgehead atoms. The molecule has 0 saturated carbocycles. The molecule has 0 aromatic heterocycles. The van der Waals surface area contributed by atoms with Crippen LogP contribution >= 0.6 is 0 Å². The van der Waals surface area contributed by atoms with Crippen LogP contribution in [0.5, 0.6) is 0 Å². The van der Waals surface area contributed by atoms with Gasteiger partial charge in [0, 0.05) is 12.6 Å². The van der Waals surface area contributed by atoms with Gasteiger partial charge in [-0.1, -0.05) is 31.6 Å². The van der Waals surface area contributed by atoms with Crippen molar-refractivity contribution in [3.05, 3.63) is 35.6 Å². The van der Waals surface area contributed by atoms with Gasteiger partial charge in [-0.25, -0.2) is 0 Å². The van der Waals surface area contributed by atoms with Gasteiger partial charge in [0.2, 0.25) is 5.91 Å². The number of amides is 1. The van der Waals surface area contributed by atoms with Crippen LogP contribution in [0.2, 0.25) is 0 Å². The lowest BCUT2D eigenvalue weighted by Gasteiger charge is -2.12. The number of hydrogen-bond donors (Lipinski definition) is 1. The summed E-state index contributed by atoms with van der Waals surface area (Å²) in [6.45, 7) is 6.47. The molecule has 82 valence electrons. The van der Waals surface area contributed by atoms with Crippen molar-refractivity contribution in [3.63, 3.8) is 0 Å². The van der Waals surface area contributed by atoms with Crippen LogP contribution in [0, 0.1) is 5.92 Å². The topological polar surface area (TPSA) is 29.1 Å². The summed E-state index contributed by atoms with van der Waals surface area (Å²) < 4.78 is 0. The number of carbonyl (C=O) groups is 1. The zero-order chi connectivity index (χ0) is 11.3. The van der Waals surface area contributed by atoms with Gasteiger partial charge in [-0.15, -0.1) is 0 Å². The lowest BCUT2D eigenvalue weighted by Crippen LogP contribution is -2.16. The molecule has 1 aliphatic heterocycles. The number of rotatable bonds is 1. The Bertz CT molecular complexity index is 321. The van der Waals surface area contributed by atoms with Crippen LogP contribution in [0.4, 0.5) is 0 Å². The number of allylic oxidation sites excluding steroid dienone is 5. The second kappa shape index (κ2) is 5.54. The summed E-state index contributed by atoms with van der Waals surface area (Å²) in [5.74, 6) is 0.598. The lowest BCUT2D eigenvalue weighted by molar-refractivity contribution is -0.120. The minimum Gasteiger partial charge on any atom is -0.333 e. The molecule has 0 aromatic rings. The highest BCUT2D eigenvalue weighted by molar-refractivity contribution is 5.77. The van der Waals surface area contributed by atoms with Crippen LogP contribution in [-0.2, 0) is 4.79 Å². The fourth-order valence-electron chi connectivity index (χ4n) is 1.70. The monoisotopic (exact) mass is 205 g/mol. The molecule has 0 saturated heterocycles. The van der Waals surface area contributed by atoms with E-state index in [0.717, 1.165) is 6.42 Å². The van der Waals surface area contributed by atoms with E-state index in [2.05, 4.69) is 32.2 Å². The van der Waals surface area contributed by atoms with Crippen LogP contribution in [0.25, 0.3) is 0 Å². The molecular weight excluding hydrogens is 186 g/mol. The first kappa shape index (κ1) is 11.8. The average Bonchev–Trinajstić information content (AvgIpc) is 2.19. The lowest BCUT2D eigenvalue weighted by atomic mass is 9.94. The Morgan fingerprint density at radius 1 is 1.27 bits per heavy atom. The molecular formula is C13H19NO. The van der Waals surface area contributed by atoms with Crippen molar-refractivity contribution in [2.24, 2.45) is 5.92 Å². The Kier molecular flexibility index (Phi) is 4.35. The van der Waals surface area contributed by atoms with Gasteiger partial charge in [0.25, 0.3) is 0 Å². The van der Waals surface area contributed by atoms with Crippen molar-refractivity contribution in [1.29, 1.82) is 0 Å². The van der Waals surface area contributed by atoms with E-state index in [0.29, 0.717) is 12.3 Å². The Labute approximate surface area is 91.8 Å². The van der Waals surface area contributed by atoms with Gasteiger partial charge < -0.3 is 5.32 Å². The quantitative estimate of drug-likeness (QED) is 0.700. The molecule has 0 aromatic carbocycles. The SMILES string of the molecule is C\C1=C(C(C)C)/C=C\C=C\NC(=O)CC1. The highest BCUT2D eigenvalue weighted by Crippen LogP contribution is 2.20. The first-order valence-electron chi connectivity index (χ1n) is 5.43. The van der Waals surface area contributed by atoms with Crippen molar-refractivity contribution in [1.82, 2.24) is 5.32 Å². The Morgan fingerprint density at radius 3 is 2.67 bits per heavy atom. The summed E-state index contributed by atoms with van der Waals surface area (Å²) in [4.78, 5) is 11.3. The predicted octanol–water partition coefficient (Wildman–Crippen LogP) is 2.94. The van der Waals surface area contributed by atoms with Crippen molar-refractivity contribution in [2.45, 2.75) is 33.6 Å². The summed E-state index contributed by atoms with van der Waals surface area (Å²) in [7, 11) is 0. The van der Waals surface area contributed by atoms with Gasteiger partial charge in [-0.05, 0) is 30.9 Å². The number of nitrogens with one attached hydrogen (secondary N) is 1. The van der Waals surface area contributed by atoms with Gasteiger partial charge in [0.1, 0.15) is 0 Å². The Morgan fingerprint density at radius 2 is 2.00 bits per heavy atom. The third kappa shape index (κ3) is 3.74. The molecule has 0 aliphatic carbocycles. The van der Waals surface area contributed by atoms with Crippen molar-refractivity contribution >= 4 is 5.91 Å². The van der Waals surface area contributed by atoms with Crippen LogP contribution < -0.4 is 5.32 Å². The van der Waals surface area contributed by atoms with Gasteiger partial charge >= 0.3 is 0 Å². The highest BCUT2D eigenvalue weighted by Gasteiger charge is 2.07. The van der Waals surface area contributed by atoms with E-state index in [9.17, 15) is 4.79 Å². The average molecular weight is 205 g/mol. The van der Waals surface area contributed by atoms with Gasteiger partial charge in [0.05, 0.1) is 0 Å². The van der Waals surface area contributed by atoms with Gasteiger partial charge in [-0.3, -0.25) is 4.79 Å². The second-order valence-corrected chi connectivity index (χ2v) is 4.18. The largest absolute Gasteiger partial charge is 0.333 e. The third-order valence-electron chi connectivity index (χ3n) is 2.57. The van der Waals surface area contributed by atoms with E-state index < -0.39 is 0 Å². The maximum atomic E-state index is 11.3. The van der Waals surface area contributed by atoms with Crippen LogP contribution in [0.3, 0.4) is 0 Å². The molecule has 0 radical (unpaired) electrons. The molecule has 1 aliphatic rings. The minimum absolute atomic E-state index is 0.0870. The predicted molar refractivity (Wildman–Crippen MR) is 63.2 cm³/mol. The van der Waals surface area contributed by atoms with E-state index >= 15 is 0 Å². The molecule has 0 unspecified atom stereocenters. The molecule has 1 heterocycles. The molecule has 0 fully saturated rings. The molecule has 0 spiro atoms. The first-order valence-corrected chi connectivity index (χ1v) is 5.43. The van der Waals surface area contributed by atoms with E-state index in [-0.39, 0.29) is 5.91 Å². The van der Waals surface area contributed by atoms with Crippen molar-refractivity contribution in [2.75, 3.05) is 0 Å². The zero-order valence-corrected chi connectivity index (χ0v) is 9.71. The molecule has 1 amide bonds. The van der Waals surface area contributed by atoms with Crippen molar-refractivity contribution < 1.29 is 4.79 Å². The summed E-state index contributed by atoms with van der Waals surface area (Å²) in [6, 6.07) is 0.